The molecule has 2 aromatic rings. The lowest BCUT2D eigenvalue weighted by Gasteiger charge is -2.19. The summed E-state index contributed by atoms with van der Waals surface area (Å²) < 4.78 is 6.83. The van der Waals surface area contributed by atoms with Crippen molar-refractivity contribution in [2.45, 2.75) is 46.1 Å². The van der Waals surface area contributed by atoms with Crippen molar-refractivity contribution < 1.29 is 14.3 Å². The number of amides is 2. The zero-order chi connectivity index (χ0) is 18.6. The summed E-state index contributed by atoms with van der Waals surface area (Å²) in [5.74, 6) is -0.131. The smallest absolute Gasteiger partial charge is 0.407 e. The highest BCUT2D eigenvalue weighted by atomic mass is 16.6. The van der Waals surface area contributed by atoms with Gasteiger partial charge in [0.15, 0.2) is 5.65 Å². The van der Waals surface area contributed by atoms with Gasteiger partial charge in [0, 0.05) is 25.4 Å². The molecule has 0 saturated heterocycles. The molecule has 2 heterocycles. The van der Waals surface area contributed by atoms with E-state index >= 15 is 0 Å². The number of pyridine rings is 1. The monoisotopic (exact) mass is 347 g/mol. The summed E-state index contributed by atoms with van der Waals surface area (Å²) in [7, 11) is 1.83. The van der Waals surface area contributed by atoms with Gasteiger partial charge in [-0.2, -0.15) is 5.10 Å². The van der Waals surface area contributed by atoms with Crippen LogP contribution in [0.25, 0.3) is 11.0 Å². The number of aryl methyl sites for hydroxylation is 2. The first kappa shape index (κ1) is 18.7. The number of anilines is 1. The molecular formula is C17H25N5O3. The fourth-order valence-corrected chi connectivity index (χ4v) is 2.35. The Morgan fingerprint density at radius 3 is 2.72 bits per heavy atom. The van der Waals surface area contributed by atoms with E-state index in [-0.39, 0.29) is 5.91 Å². The van der Waals surface area contributed by atoms with E-state index in [4.69, 9.17) is 4.74 Å². The van der Waals surface area contributed by atoms with Crippen molar-refractivity contribution in [1.82, 2.24) is 20.1 Å². The molecule has 25 heavy (non-hydrogen) atoms. The molecule has 2 aromatic heterocycles. The molecule has 2 rings (SSSR count). The normalized spacial score (nSPS) is 11.4. The quantitative estimate of drug-likeness (QED) is 0.810. The van der Waals surface area contributed by atoms with Gasteiger partial charge in [-0.1, -0.05) is 0 Å². The standard InChI is InChI=1S/C17H25N5O3/c1-11-13-9-12(10-19-15(13)22(5)21-11)20-14(23)7-6-8-18-16(24)25-17(2,3)4/h9-10H,6-8H2,1-5H3,(H,18,24)(H,20,23). The van der Waals surface area contributed by atoms with E-state index in [2.05, 4.69) is 20.7 Å². The second-order valence-electron chi connectivity index (χ2n) is 6.88. The van der Waals surface area contributed by atoms with E-state index in [1.807, 2.05) is 20.0 Å². The molecule has 8 heteroatoms. The molecule has 2 N–H and O–H groups in total. The van der Waals surface area contributed by atoms with Gasteiger partial charge in [-0.3, -0.25) is 9.48 Å². The number of rotatable bonds is 5. The molecule has 0 aliphatic rings. The van der Waals surface area contributed by atoms with Gasteiger partial charge in [-0.05, 0) is 40.2 Å². The average Bonchev–Trinajstić information content (AvgIpc) is 2.76. The van der Waals surface area contributed by atoms with Crippen LogP contribution in [0.3, 0.4) is 0 Å². The molecular weight excluding hydrogens is 322 g/mol. The Kier molecular flexibility index (Phi) is 5.61. The van der Waals surface area contributed by atoms with Crippen LogP contribution in [0.15, 0.2) is 12.3 Å². The Balaban J connectivity index is 1.79. The highest BCUT2D eigenvalue weighted by Gasteiger charge is 2.15. The van der Waals surface area contributed by atoms with Crippen molar-refractivity contribution in [2.24, 2.45) is 7.05 Å². The van der Waals surface area contributed by atoms with Crippen LogP contribution in [0.1, 0.15) is 39.3 Å². The van der Waals surface area contributed by atoms with Gasteiger partial charge in [0.25, 0.3) is 0 Å². The Hall–Kier alpha value is -2.64. The predicted octanol–water partition coefficient (Wildman–Crippen LogP) is 2.52. The molecule has 0 fully saturated rings. The lowest BCUT2D eigenvalue weighted by Crippen LogP contribution is -2.33. The van der Waals surface area contributed by atoms with E-state index in [9.17, 15) is 9.59 Å². The maximum Gasteiger partial charge on any atom is 0.407 e. The fraction of sp³-hybridized carbons (Fsp3) is 0.529. The van der Waals surface area contributed by atoms with Gasteiger partial charge >= 0.3 is 6.09 Å². The zero-order valence-electron chi connectivity index (χ0n) is 15.3. The van der Waals surface area contributed by atoms with Crippen LogP contribution in [0.4, 0.5) is 10.5 Å². The molecule has 0 saturated carbocycles. The predicted molar refractivity (Wildman–Crippen MR) is 95.3 cm³/mol. The topological polar surface area (TPSA) is 98.1 Å². The van der Waals surface area contributed by atoms with Gasteiger partial charge in [0.05, 0.1) is 17.6 Å². The second-order valence-corrected chi connectivity index (χ2v) is 6.88. The SMILES string of the molecule is Cc1nn(C)c2ncc(NC(=O)CCCNC(=O)OC(C)(C)C)cc12. The number of hydrogen-bond acceptors (Lipinski definition) is 5. The minimum atomic E-state index is -0.530. The third kappa shape index (κ3) is 5.44. The first-order valence-electron chi connectivity index (χ1n) is 8.22. The Labute approximate surface area is 146 Å². The zero-order valence-corrected chi connectivity index (χ0v) is 15.3. The van der Waals surface area contributed by atoms with E-state index in [0.29, 0.717) is 25.1 Å². The molecule has 0 aromatic carbocycles. The lowest BCUT2D eigenvalue weighted by atomic mass is 10.2. The molecule has 0 aliphatic heterocycles. The molecule has 136 valence electrons. The van der Waals surface area contributed by atoms with E-state index in [0.717, 1.165) is 16.7 Å². The number of nitrogens with zero attached hydrogens (tertiary/aromatic N) is 3. The molecule has 2 amide bonds. The average molecular weight is 347 g/mol. The number of carbonyl (C=O) groups is 2. The van der Waals surface area contributed by atoms with Crippen molar-refractivity contribution in [1.29, 1.82) is 0 Å². The van der Waals surface area contributed by atoms with Gasteiger partial charge in [0.2, 0.25) is 5.91 Å². The van der Waals surface area contributed by atoms with Crippen molar-refractivity contribution in [2.75, 3.05) is 11.9 Å². The molecule has 0 spiro atoms. The summed E-state index contributed by atoms with van der Waals surface area (Å²) in [5.41, 5.74) is 1.74. The summed E-state index contributed by atoms with van der Waals surface area (Å²) in [6.07, 6.45) is 1.95. The molecule has 0 radical (unpaired) electrons. The number of fused-ring (bicyclic) bond motifs is 1. The summed E-state index contributed by atoms with van der Waals surface area (Å²) in [6.45, 7) is 7.68. The first-order valence-corrected chi connectivity index (χ1v) is 8.22. The van der Waals surface area contributed by atoms with Crippen LogP contribution >= 0.6 is 0 Å². The summed E-state index contributed by atoms with van der Waals surface area (Å²) >= 11 is 0. The maximum atomic E-state index is 12.0. The molecule has 0 aliphatic carbocycles. The minimum Gasteiger partial charge on any atom is -0.444 e. The number of aromatic nitrogens is 3. The Bertz CT molecular complexity index is 776. The van der Waals surface area contributed by atoms with E-state index in [1.165, 1.54) is 0 Å². The van der Waals surface area contributed by atoms with Crippen LogP contribution < -0.4 is 10.6 Å². The highest BCUT2D eigenvalue weighted by Crippen LogP contribution is 2.19. The lowest BCUT2D eigenvalue weighted by molar-refractivity contribution is -0.116. The van der Waals surface area contributed by atoms with Crippen molar-refractivity contribution in [3.8, 4) is 0 Å². The number of ether oxygens (including phenoxy) is 1. The molecule has 0 unspecified atom stereocenters. The van der Waals surface area contributed by atoms with Crippen LogP contribution in [0, 0.1) is 6.92 Å². The maximum absolute atomic E-state index is 12.0. The van der Waals surface area contributed by atoms with Crippen LogP contribution in [-0.2, 0) is 16.6 Å². The Morgan fingerprint density at radius 1 is 1.32 bits per heavy atom. The number of carbonyl (C=O) groups excluding carboxylic acids is 2. The van der Waals surface area contributed by atoms with Crippen LogP contribution in [0.5, 0.6) is 0 Å². The summed E-state index contributed by atoms with van der Waals surface area (Å²) in [4.78, 5) is 27.8. The fourth-order valence-electron chi connectivity index (χ4n) is 2.35. The number of nitrogens with one attached hydrogen (secondary N) is 2. The Morgan fingerprint density at radius 2 is 2.04 bits per heavy atom. The van der Waals surface area contributed by atoms with Gasteiger partial charge < -0.3 is 15.4 Å². The third-order valence-corrected chi connectivity index (χ3v) is 3.40. The number of hydrogen-bond donors (Lipinski definition) is 2. The van der Waals surface area contributed by atoms with Crippen molar-refractivity contribution in [3.05, 3.63) is 18.0 Å². The van der Waals surface area contributed by atoms with Crippen molar-refractivity contribution in [3.63, 3.8) is 0 Å². The number of alkyl carbamates (subject to hydrolysis) is 1. The van der Waals surface area contributed by atoms with Crippen molar-refractivity contribution >= 4 is 28.7 Å². The molecule has 0 atom stereocenters. The summed E-state index contributed by atoms with van der Waals surface area (Å²) in [6, 6.07) is 1.86. The van der Waals surface area contributed by atoms with Gasteiger partial charge in [-0.25, -0.2) is 9.78 Å². The second kappa shape index (κ2) is 7.50. The van der Waals surface area contributed by atoms with Gasteiger partial charge in [0.1, 0.15) is 5.60 Å². The van der Waals surface area contributed by atoms with Gasteiger partial charge in [-0.15, -0.1) is 0 Å². The largest absolute Gasteiger partial charge is 0.444 e. The molecule has 0 bridgehead atoms. The van der Waals surface area contributed by atoms with Crippen LogP contribution in [0.2, 0.25) is 0 Å². The van der Waals surface area contributed by atoms with Crippen LogP contribution in [-0.4, -0.2) is 38.9 Å². The highest BCUT2D eigenvalue weighted by molar-refractivity contribution is 5.93. The van der Waals surface area contributed by atoms with E-state index < -0.39 is 11.7 Å². The first-order chi connectivity index (χ1) is 11.7. The minimum absolute atomic E-state index is 0.131. The van der Waals surface area contributed by atoms with E-state index in [1.54, 1.807) is 31.6 Å². The third-order valence-electron chi connectivity index (χ3n) is 3.40. The summed E-state index contributed by atoms with van der Waals surface area (Å²) in [5, 5.41) is 10.7. The molecule has 8 nitrogen and oxygen atoms in total.